The fraction of sp³-hybridized carbons (Fsp3) is 0.214. The number of anilines is 1. The van der Waals surface area contributed by atoms with E-state index in [4.69, 9.17) is 11.6 Å². The Morgan fingerprint density at radius 1 is 1.16 bits per heavy atom. The van der Waals surface area contributed by atoms with Gasteiger partial charge in [0, 0.05) is 31.0 Å². The molecule has 0 aliphatic rings. The van der Waals surface area contributed by atoms with Gasteiger partial charge in [0.05, 0.1) is 0 Å². The van der Waals surface area contributed by atoms with Gasteiger partial charge in [-0.2, -0.15) is 0 Å². The Kier molecular flexibility index (Phi) is 4.32. The Labute approximate surface area is 115 Å². The van der Waals surface area contributed by atoms with E-state index in [0.29, 0.717) is 23.9 Å². The molecule has 5 heteroatoms. The van der Waals surface area contributed by atoms with Crippen molar-refractivity contribution in [3.05, 3.63) is 58.9 Å². The van der Waals surface area contributed by atoms with Crippen LogP contribution in [0.1, 0.15) is 12.5 Å². The van der Waals surface area contributed by atoms with Gasteiger partial charge in [0.25, 0.3) is 0 Å². The number of pyridine rings is 1. The topological polar surface area (TPSA) is 16.1 Å². The van der Waals surface area contributed by atoms with Crippen LogP contribution in [-0.2, 0) is 6.54 Å². The molecule has 0 aliphatic carbocycles. The Bertz CT molecular complexity index is 575. The van der Waals surface area contributed by atoms with Crippen molar-refractivity contribution < 1.29 is 8.78 Å². The highest BCUT2D eigenvalue weighted by molar-refractivity contribution is 6.29. The maximum Gasteiger partial charge on any atom is 0.160 e. The number of aromatic nitrogens is 1. The second kappa shape index (κ2) is 5.97. The van der Waals surface area contributed by atoms with E-state index in [9.17, 15) is 8.78 Å². The fourth-order valence-electron chi connectivity index (χ4n) is 1.83. The van der Waals surface area contributed by atoms with Crippen molar-refractivity contribution >= 4 is 17.3 Å². The fourth-order valence-corrected chi connectivity index (χ4v) is 2.03. The van der Waals surface area contributed by atoms with Crippen LogP contribution in [0, 0.1) is 11.6 Å². The van der Waals surface area contributed by atoms with E-state index in [1.54, 1.807) is 18.3 Å². The van der Waals surface area contributed by atoms with E-state index in [0.717, 1.165) is 11.6 Å². The molecule has 0 bridgehead atoms. The van der Waals surface area contributed by atoms with Crippen molar-refractivity contribution in [1.82, 2.24) is 4.98 Å². The molecule has 2 rings (SSSR count). The summed E-state index contributed by atoms with van der Waals surface area (Å²) in [6.45, 7) is 3.18. The molecule has 2 aromatic rings. The first kappa shape index (κ1) is 13.7. The van der Waals surface area contributed by atoms with E-state index in [1.807, 2.05) is 17.9 Å². The molecule has 0 saturated carbocycles. The van der Waals surface area contributed by atoms with Gasteiger partial charge in [0.15, 0.2) is 11.6 Å². The zero-order valence-electron chi connectivity index (χ0n) is 10.4. The zero-order chi connectivity index (χ0) is 13.8. The predicted molar refractivity (Wildman–Crippen MR) is 72.3 cm³/mol. The average molecular weight is 283 g/mol. The molecule has 0 amide bonds. The van der Waals surface area contributed by atoms with Crippen molar-refractivity contribution in [2.24, 2.45) is 0 Å². The van der Waals surface area contributed by atoms with Crippen LogP contribution >= 0.6 is 11.6 Å². The minimum absolute atomic E-state index is 0.416. The van der Waals surface area contributed by atoms with Crippen LogP contribution in [0.3, 0.4) is 0 Å². The molecular weight excluding hydrogens is 270 g/mol. The van der Waals surface area contributed by atoms with Gasteiger partial charge in [-0.3, -0.25) is 0 Å². The minimum Gasteiger partial charge on any atom is -0.367 e. The van der Waals surface area contributed by atoms with Crippen LogP contribution in [0.15, 0.2) is 36.5 Å². The van der Waals surface area contributed by atoms with Gasteiger partial charge in [-0.25, -0.2) is 13.8 Å². The number of benzene rings is 1. The molecule has 2 nitrogen and oxygen atoms in total. The first-order chi connectivity index (χ1) is 9.10. The lowest BCUT2D eigenvalue weighted by molar-refractivity contribution is 0.508. The van der Waals surface area contributed by atoms with Gasteiger partial charge < -0.3 is 4.90 Å². The molecule has 0 spiro atoms. The maximum atomic E-state index is 13.2. The third-order valence-electron chi connectivity index (χ3n) is 2.81. The van der Waals surface area contributed by atoms with Gasteiger partial charge in [-0.05, 0) is 36.8 Å². The molecular formula is C14H13ClF2N2. The summed E-state index contributed by atoms with van der Waals surface area (Å²) < 4.78 is 26.2. The number of hydrogen-bond donors (Lipinski definition) is 0. The van der Waals surface area contributed by atoms with E-state index in [1.165, 1.54) is 6.07 Å². The van der Waals surface area contributed by atoms with Gasteiger partial charge in [-0.15, -0.1) is 0 Å². The molecule has 1 aromatic carbocycles. The molecule has 0 N–H and O–H groups in total. The third-order valence-corrected chi connectivity index (χ3v) is 3.02. The van der Waals surface area contributed by atoms with Crippen molar-refractivity contribution in [2.45, 2.75) is 13.5 Å². The normalized spacial score (nSPS) is 10.5. The lowest BCUT2D eigenvalue weighted by atomic mass is 10.2. The van der Waals surface area contributed by atoms with Gasteiger partial charge in [0.2, 0.25) is 0 Å². The zero-order valence-corrected chi connectivity index (χ0v) is 11.2. The SMILES string of the molecule is CCN(Cc1ccnc(Cl)c1)c1ccc(F)c(F)c1. The van der Waals surface area contributed by atoms with Crippen LogP contribution in [0.4, 0.5) is 14.5 Å². The Morgan fingerprint density at radius 2 is 1.95 bits per heavy atom. The Balaban J connectivity index is 2.22. The summed E-state index contributed by atoms with van der Waals surface area (Å²) in [5, 5.41) is 0.416. The monoisotopic (exact) mass is 282 g/mol. The molecule has 0 saturated heterocycles. The van der Waals surface area contributed by atoms with Crippen LogP contribution in [0.5, 0.6) is 0 Å². The van der Waals surface area contributed by atoms with Gasteiger partial charge in [0.1, 0.15) is 5.15 Å². The largest absolute Gasteiger partial charge is 0.367 e. The highest BCUT2D eigenvalue weighted by Gasteiger charge is 2.09. The number of rotatable bonds is 4. The first-order valence-electron chi connectivity index (χ1n) is 5.90. The lowest BCUT2D eigenvalue weighted by Gasteiger charge is -2.23. The van der Waals surface area contributed by atoms with E-state index in [2.05, 4.69) is 4.98 Å². The smallest absolute Gasteiger partial charge is 0.160 e. The summed E-state index contributed by atoms with van der Waals surface area (Å²) in [5.74, 6) is -1.68. The third kappa shape index (κ3) is 3.41. The van der Waals surface area contributed by atoms with Crippen molar-refractivity contribution in [2.75, 3.05) is 11.4 Å². The second-order valence-electron chi connectivity index (χ2n) is 4.10. The second-order valence-corrected chi connectivity index (χ2v) is 4.49. The summed E-state index contributed by atoms with van der Waals surface area (Å²) in [6.07, 6.45) is 1.62. The molecule has 19 heavy (non-hydrogen) atoms. The molecule has 0 atom stereocenters. The molecule has 0 fully saturated rings. The van der Waals surface area contributed by atoms with Crippen LogP contribution in [0.25, 0.3) is 0 Å². The Morgan fingerprint density at radius 3 is 2.58 bits per heavy atom. The number of halogens is 3. The van der Waals surface area contributed by atoms with E-state index < -0.39 is 11.6 Å². The van der Waals surface area contributed by atoms with E-state index in [-0.39, 0.29) is 0 Å². The number of hydrogen-bond acceptors (Lipinski definition) is 2. The van der Waals surface area contributed by atoms with Crippen LogP contribution in [0.2, 0.25) is 5.15 Å². The summed E-state index contributed by atoms with van der Waals surface area (Å²) in [6, 6.07) is 7.48. The molecule has 0 unspecified atom stereocenters. The van der Waals surface area contributed by atoms with Crippen LogP contribution < -0.4 is 4.90 Å². The lowest BCUT2D eigenvalue weighted by Crippen LogP contribution is -2.22. The summed E-state index contributed by atoms with van der Waals surface area (Å²) in [5.41, 5.74) is 1.60. The minimum atomic E-state index is -0.844. The van der Waals surface area contributed by atoms with Crippen molar-refractivity contribution in [3.8, 4) is 0 Å². The van der Waals surface area contributed by atoms with Crippen LogP contribution in [-0.4, -0.2) is 11.5 Å². The number of nitrogens with zero attached hydrogens (tertiary/aromatic N) is 2. The molecule has 100 valence electrons. The Hall–Kier alpha value is -1.68. The highest BCUT2D eigenvalue weighted by atomic mass is 35.5. The van der Waals surface area contributed by atoms with Crippen molar-refractivity contribution in [1.29, 1.82) is 0 Å². The molecule has 1 heterocycles. The predicted octanol–water partition coefficient (Wildman–Crippen LogP) is 4.04. The van der Waals surface area contributed by atoms with Crippen molar-refractivity contribution in [3.63, 3.8) is 0 Å². The highest BCUT2D eigenvalue weighted by Crippen LogP contribution is 2.20. The summed E-state index contributed by atoms with van der Waals surface area (Å²) >= 11 is 5.82. The van der Waals surface area contributed by atoms with Gasteiger partial charge >= 0.3 is 0 Å². The summed E-state index contributed by atoms with van der Waals surface area (Å²) in [4.78, 5) is 5.83. The van der Waals surface area contributed by atoms with Gasteiger partial charge in [-0.1, -0.05) is 11.6 Å². The van der Waals surface area contributed by atoms with E-state index >= 15 is 0 Å². The maximum absolute atomic E-state index is 13.2. The first-order valence-corrected chi connectivity index (χ1v) is 6.28. The molecule has 0 aliphatic heterocycles. The average Bonchev–Trinajstić information content (AvgIpc) is 2.39. The summed E-state index contributed by atoms with van der Waals surface area (Å²) in [7, 11) is 0. The molecule has 0 radical (unpaired) electrons. The molecule has 1 aromatic heterocycles. The quantitative estimate of drug-likeness (QED) is 0.787. The standard InChI is InChI=1S/C14H13ClF2N2/c1-2-19(9-10-5-6-18-14(15)7-10)11-3-4-12(16)13(17)8-11/h3-8H,2,9H2,1H3.